The van der Waals surface area contributed by atoms with Gasteiger partial charge >= 0.3 is 17.7 Å². The zero-order chi connectivity index (χ0) is 18.3. The fraction of sp³-hybridized carbons (Fsp3) is 0.158. The van der Waals surface area contributed by atoms with Crippen molar-refractivity contribution in [1.82, 2.24) is 10.2 Å². The molecule has 2 aliphatic heterocycles. The summed E-state index contributed by atoms with van der Waals surface area (Å²) in [7, 11) is 0. The van der Waals surface area contributed by atoms with Crippen LogP contribution in [0.4, 0.5) is 14.5 Å². The highest BCUT2D eigenvalue weighted by atomic mass is 19.1. The molecule has 1 saturated heterocycles. The van der Waals surface area contributed by atoms with Gasteiger partial charge in [-0.1, -0.05) is 17.0 Å². The van der Waals surface area contributed by atoms with Crippen LogP contribution in [0.25, 0.3) is 0 Å². The maximum absolute atomic E-state index is 14.5. The summed E-state index contributed by atoms with van der Waals surface area (Å²) in [6.07, 6.45) is 0. The Balaban J connectivity index is 2.01. The van der Waals surface area contributed by atoms with Crippen LogP contribution in [0.15, 0.2) is 59.2 Å². The Kier molecular flexibility index (Phi) is 4.00. The van der Waals surface area contributed by atoms with Gasteiger partial charge in [0.05, 0.1) is 17.8 Å². The molecule has 131 valence electrons. The molecule has 0 spiro atoms. The van der Waals surface area contributed by atoms with Crippen LogP contribution in [-0.4, -0.2) is 24.8 Å². The van der Waals surface area contributed by atoms with Gasteiger partial charge in [-0.25, -0.2) is 13.8 Å². The molecular weight excluding hydrogens is 340 g/mol. The molecule has 0 saturated carbocycles. The van der Waals surface area contributed by atoms with E-state index in [9.17, 15) is 13.6 Å². The van der Waals surface area contributed by atoms with Gasteiger partial charge in [0.25, 0.3) is 0 Å². The summed E-state index contributed by atoms with van der Waals surface area (Å²) in [4.78, 5) is 17.8. The Labute approximate surface area is 148 Å². The molecule has 2 aliphatic rings. The number of esters is 1. The summed E-state index contributed by atoms with van der Waals surface area (Å²) >= 11 is 0. The molecule has 0 unspecified atom stereocenters. The lowest BCUT2D eigenvalue weighted by atomic mass is 9.99. The average Bonchev–Trinajstić information content (AvgIpc) is 3.04. The molecule has 1 N–H and O–H groups in total. The van der Waals surface area contributed by atoms with E-state index in [0.29, 0.717) is 30.2 Å². The fourth-order valence-electron chi connectivity index (χ4n) is 3.14. The van der Waals surface area contributed by atoms with Crippen molar-refractivity contribution in [3.63, 3.8) is 0 Å². The maximum atomic E-state index is 14.5. The smallest absolute Gasteiger partial charge is 0.320 e. The van der Waals surface area contributed by atoms with E-state index in [-0.39, 0.29) is 17.2 Å². The molecule has 0 aliphatic carbocycles. The Morgan fingerprint density at radius 3 is 2.77 bits per heavy atom. The van der Waals surface area contributed by atoms with Crippen molar-refractivity contribution in [2.24, 2.45) is 4.99 Å². The van der Waals surface area contributed by atoms with E-state index >= 15 is 0 Å². The highest BCUT2D eigenvalue weighted by molar-refractivity contribution is 6.16. The van der Waals surface area contributed by atoms with E-state index in [1.165, 1.54) is 25.1 Å². The van der Waals surface area contributed by atoms with Crippen LogP contribution in [0, 0.1) is 11.6 Å². The molecule has 5 nitrogen and oxygen atoms in total. The third kappa shape index (κ3) is 2.76. The summed E-state index contributed by atoms with van der Waals surface area (Å²) in [5.74, 6) is -0.972. The van der Waals surface area contributed by atoms with E-state index in [4.69, 9.17) is 4.74 Å². The summed E-state index contributed by atoms with van der Waals surface area (Å²) in [5, 5.41) is 3.13. The van der Waals surface area contributed by atoms with E-state index < -0.39 is 17.6 Å². The first-order valence-electron chi connectivity index (χ1n) is 8.12. The molecular formula is C19H15F2N3O2+. The highest BCUT2D eigenvalue weighted by Gasteiger charge is 2.41. The average molecular weight is 355 g/mol. The van der Waals surface area contributed by atoms with Crippen LogP contribution in [0.1, 0.15) is 18.1 Å². The predicted molar refractivity (Wildman–Crippen MR) is 91.9 cm³/mol. The van der Waals surface area contributed by atoms with E-state index in [0.717, 1.165) is 0 Å². The normalized spacial score (nSPS) is 16.3. The van der Waals surface area contributed by atoms with E-state index in [2.05, 4.69) is 10.3 Å². The number of carbonyl (C=O) groups is 1. The van der Waals surface area contributed by atoms with Gasteiger partial charge in [-0.15, -0.1) is 0 Å². The van der Waals surface area contributed by atoms with Crippen LogP contribution >= 0.6 is 0 Å². The van der Waals surface area contributed by atoms with Crippen molar-refractivity contribution in [2.45, 2.75) is 6.92 Å². The van der Waals surface area contributed by atoms with E-state index in [1.807, 2.05) is 4.90 Å². The number of hydrogen-bond donors (Lipinski definition) is 1. The van der Waals surface area contributed by atoms with Crippen molar-refractivity contribution < 1.29 is 18.3 Å². The monoisotopic (exact) mass is 355 g/mol. The minimum Gasteiger partial charge on any atom is -0.400 e. The number of anilines is 1. The number of hydrogen-bond acceptors (Lipinski definition) is 5. The molecule has 0 amide bonds. The summed E-state index contributed by atoms with van der Waals surface area (Å²) in [6, 6.07) is 10.4. The molecule has 0 atom stereocenters. The quantitative estimate of drug-likeness (QED) is 0.666. The largest absolute Gasteiger partial charge is 0.400 e. The molecule has 26 heavy (non-hydrogen) atoms. The number of fused-ring (bicyclic) bond motifs is 3. The Morgan fingerprint density at radius 2 is 2.00 bits per heavy atom. The van der Waals surface area contributed by atoms with Gasteiger partial charge in [-0.05, 0) is 24.3 Å². The van der Waals surface area contributed by atoms with Crippen LogP contribution in [0.5, 0.6) is 0 Å². The van der Waals surface area contributed by atoms with Crippen LogP contribution in [0.3, 0.4) is 0 Å². The first-order chi connectivity index (χ1) is 12.5. The minimum absolute atomic E-state index is 0.0323. The highest BCUT2D eigenvalue weighted by Crippen LogP contribution is 2.33. The van der Waals surface area contributed by atoms with Gasteiger partial charge in [0, 0.05) is 18.6 Å². The predicted octanol–water partition coefficient (Wildman–Crippen LogP) is 2.88. The van der Waals surface area contributed by atoms with Gasteiger partial charge in [-0.2, -0.15) is 0 Å². The Bertz CT molecular complexity index is 969. The van der Waals surface area contributed by atoms with Gasteiger partial charge in [0.2, 0.25) is 0 Å². The Hall–Kier alpha value is -3.06. The number of benzene rings is 2. The van der Waals surface area contributed by atoms with Crippen molar-refractivity contribution in [3.05, 3.63) is 76.9 Å². The van der Waals surface area contributed by atoms with Gasteiger partial charge in [0.15, 0.2) is 12.2 Å². The SMILES string of the molecule is CC(=O)OC1=C2NCC[N+]2c2ccc(F)cc2C(c2ccccc2F)=N1. The first-order valence-corrected chi connectivity index (χ1v) is 8.12. The number of nitrogens with zero attached hydrogens (tertiary/aromatic N) is 2. The van der Waals surface area contributed by atoms with Gasteiger partial charge in [0.1, 0.15) is 11.6 Å². The van der Waals surface area contributed by atoms with Gasteiger partial charge in [-0.3, -0.25) is 4.79 Å². The lowest BCUT2D eigenvalue weighted by Gasteiger charge is -2.10. The first kappa shape index (κ1) is 16.4. The number of ether oxygens (including phenoxy) is 1. The third-order valence-corrected chi connectivity index (χ3v) is 4.19. The van der Waals surface area contributed by atoms with Crippen LogP contribution in [0.2, 0.25) is 0 Å². The van der Waals surface area contributed by atoms with Crippen LogP contribution < -0.4 is 10.2 Å². The van der Waals surface area contributed by atoms with Gasteiger partial charge < -0.3 is 10.1 Å². The third-order valence-electron chi connectivity index (χ3n) is 4.19. The number of aliphatic imine (C=N–C) groups is 1. The summed E-state index contributed by atoms with van der Waals surface area (Å²) < 4.78 is 33.7. The van der Waals surface area contributed by atoms with Crippen molar-refractivity contribution in [2.75, 3.05) is 13.1 Å². The molecule has 2 aromatic carbocycles. The van der Waals surface area contributed by atoms with Crippen molar-refractivity contribution in [3.8, 4) is 0 Å². The number of nitrogens with one attached hydrogen (secondary N) is 1. The molecule has 2 aromatic rings. The molecule has 2 heterocycles. The lowest BCUT2D eigenvalue weighted by molar-refractivity contribution is -0.137. The standard InChI is InChI=1S/C19H15F2N3O2/c1-11(25)26-19-18-22-8-9-24(18)16-7-6-12(20)10-14(16)17(23-19)13-4-2-3-5-15(13)21/h2-7,10,22H,8-9H2,1H3/q+1. The second-order valence-electron chi connectivity index (χ2n) is 5.93. The Morgan fingerprint density at radius 1 is 1.19 bits per heavy atom. The second-order valence-corrected chi connectivity index (χ2v) is 5.93. The van der Waals surface area contributed by atoms with Crippen molar-refractivity contribution in [1.29, 1.82) is 0 Å². The summed E-state index contributed by atoms with van der Waals surface area (Å²) in [6.45, 7) is 2.46. The van der Waals surface area contributed by atoms with Crippen molar-refractivity contribution >= 4 is 17.4 Å². The topological polar surface area (TPSA) is 56.6 Å². The maximum Gasteiger partial charge on any atom is 0.320 e. The van der Waals surface area contributed by atoms with Crippen LogP contribution in [-0.2, 0) is 9.53 Å². The molecule has 0 aromatic heterocycles. The fourth-order valence-corrected chi connectivity index (χ4v) is 3.14. The minimum atomic E-state index is -0.546. The lowest BCUT2D eigenvalue weighted by Crippen LogP contribution is -2.23. The molecule has 4 rings (SSSR count). The summed E-state index contributed by atoms with van der Waals surface area (Å²) in [5.41, 5.74) is 1.50. The second kappa shape index (κ2) is 6.34. The number of carbonyl (C=O) groups excluding carboxylic acids is 1. The molecule has 1 radical (unpaired) electrons. The number of rotatable bonds is 2. The zero-order valence-corrected chi connectivity index (χ0v) is 13.9. The molecule has 1 fully saturated rings. The van der Waals surface area contributed by atoms with E-state index in [1.54, 1.807) is 24.3 Å². The molecule has 0 bridgehead atoms. The zero-order valence-electron chi connectivity index (χ0n) is 13.9. The molecule has 7 heteroatoms. The number of halogens is 2.